The Labute approximate surface area is 144 Å². The number of amides is 2. The first-order valence-electron chi connectivity index (χ1n) is 7.53. The number of hydrogen-bond acceptors (Lipinski definition) is 7. The molecule has 0 saturated heterocycles. The van der Waals surface area contributed by atoms with Gasteiger partial charge in [-0.15, -0.1) is 0 Å². The van der Waals surface area contributed by atoms with Crippen LogP contribution in [0.2, 0.25) is 0 Å². The number of para-hydroxylation sites is 1. The summed E-state index contributed by atoms with van der Waals surface area (Å²) in [6.07, 6.45) is 1.39. The molecule has 0 aliphatic rings. The van der Waals surface area contributed by atoms with Crippen molar-refractivity contribution in [2.75, 3.05) is 26.9 Å². The van der Waals surface area contributed by atoms with Crippen LogP contribution in [0.1, 0.15) is 10.5 Å². The minimum Gasteiger partial charge on any atom is -0.491 e. The molecule has 0 aliphatic heterocycles. The minimum absolute atomic E-state index is 0.0641. The largest absolute Gasteiger partial charge is 0.491 e. The van der Waals surface area contributed by atoms with E-state index in [0.717, 1.165) is 5.75 Å². The normalized spacial score (nSPS) is 10.0. The van der Waals surface area contributed by atoms with Crippen LogP contribution in [0, 0.1) is 0 Å². The molecule has 25 heavy (non-hydrogen) atoms. The lowest BCUT2D eigenvalue weighted by Gasteiger charge is -2.13. The number of hydrogen-bond donors (Lipinski definition) is 2. The van der Waals surface area contributed by atoms with Crippen molar-refractivity contribution in [2.24, 2.45) is 5.73 Å². The van der Waals surface area contributed by atoms with Gasteiger partial charge >= 0.3 is 0 Å². The summed E-state index contributed by atoms with van der Waals surface area (Å²) in [5.41, 5.74) is 5.11. The van der Waals surface area contributed by atoms with Crippen LogP contribution in [-0.4, -0.2) is 43.7 Å². The predicted molar refractivity (Wildman–Crippen MR) is 89.7 cm³/mol. The number of nitrogens with one attached hydrogen (secondary N) is 1. The molecule has 0 bridgehead atoms. The third-order valence-corrected chi connectivity index (χ3v) is 3.08. The van der Waals surface area contributed by atoms with Gasteiger partial charge in [0.2, 0.25) is 5.91 Å². The predicted octanol–water partition coefficient (Wildman–Crippen LogP) is 0.763. The number of rotatable bonds is 8. The summed E-state index contributed by atoms with van der Waals surface area (Å²) >= 11 is 0. The van der Waals surface area contributed by atoms with Crippen molar-refractivity contribution in [1.29, 1.82) is 0 Å². The number of aromatic nitrogens is 1. The zero-order valence-corrected chi connectivity index (χ0v) is 13.7. The first-order chi connectivity index (χ1) is 12.2. The highest BCUT2D eigenvalue weighted by atomic mass is 16.5. The summed E-state index contributed by atoms with van der Waals surface area (Å²) in [5.74, 6) is -0.146. The fourth-order valence-electron chi connectivity index (χ4n) is 1.97. The van der Waals surface area contributed by atoms with Gasteiger partial charge in [0.25, 0.3) is 5.91 Å². The van der Waals surface area contributed by atoms with Gasteiger partial charge in [0.1, 0.15) is 19.0 Å². The van der Waals surface area contributed by atoms with E-state index in [1.807, 2.05) is 30.3 Å². The fraction of sp³-hybridized carbons (Fsp3) is 0.235. The number of nitrogens with two attached hydrogens (primary N) is 1. The topological polar surface area (TPSA) is 113 Å². The maximum Gasteiger partial charge on any atom is 0.280 e. The van der Waals surface area contributed by atoms with E-state index >= 15 is 0 Å². The highest BCUT2D eigenvalue weighted by Crippen LogP contribution is 2.29. The Kier molecular flexibility index (Phi) is 6.73. The molecule has 0 aliphatic carbocycles. The molecular formula is C17H19N3O5. The maximum atomic E-state index is 12.1. The van der Waals surface area contributed by atoms with E-state index in [1.165, 1.54) is 13.3 Å². The molecule has 8 nitrogen and oxygen atoms in total. The van der Waals surface area contributed by atoms with Gasteiger partial charge in [-0.25, -0.2) is 4.98 Å². The summed E-state index contributed by atoms with van der Waals surface area (Å²) in [5, 5.41) is 2.11. The lowest BCUT2D eigenvalue weighted by Crippen LogP contribution is -2.36. The summed E-state index contributed by atoms with van der Waals surface area (Å²) < 4.78 is 16.3. The summed E-state index contributed by atoms with van der Waals surface area (Å²) in [6, 6.07) is 10.9. The van der Waals surface area contributed by atoms with Crippen LogP contribution in [0.25, 0.3) is 0 Å². The molecule has 1 aromatic carbocycles. The zero-order valence-electron chi connectivity index (χ0n) is 13.7. The molecule has 0 fully saturated rings. The van der Waals surface area contributed by atoms with Gasteiger partial charge in [-0.2, -0.15) is 0 Å². The molecule has 0 radical (unpaired) electrons. The molecule has 0 atom stereocenters. The molecule has 1 heterocycles. The Bertz CT molecular complexity index is 721. The van der Waals surface area contributed by atoms with Crippen LogP contribution < -0.4 is 25.3 Å². The van der Waals surface area contributed by atoms with Gasteiger partial charge in [0.05, 0.1) is 13.7 Å². The highest BCUT2D eigenvalue weighted by Gasteiger charge is 2.20. The van der Waals surface area contributed by atoms with E-state index in [0.29, 0.717) is 12.4 Å². The van der Waals surface area contributed by atoms with E-state index in [-0.39, 0.29) is 24.6 Å². The first-order valence-corrected chi connectivity index (χ1v) is 7.53. The molecule has 2 amide bonds. The quantitative estimate of drug-likeness (QED) is 0.679. The van der Waals surface area contributed by atoms with E-state index < -0.39 is 11.8 Å². The molecule has 2 rings (SSSR count). The van der Waals surface area contributed by atoms with E-state index in [2.05, 4.69) is 10.3 Å². The fourth-order valence-corrected chi connectivity index (χ4v) is 1.97. The van der Waals surface area contributed by atoms with Crippen molar-refractivity contribution in [1.82, 2.24) is 10.3 Å². The molecule has 2 aromatic rings. The molecule has 1 aromatic heterocycles. The number of pyridine rings is 1. The van der Waals surface area contributed by atoms with Crippen LogP contribution in [0.3, 0.4) is 0 Å². The lowest BCUT2D eigenvalue weighted by atomic mass is 10.3. The van der Waals surface area contributed by atoms with E-state index in [9.17, 15) is 9.59 Å². The Morgan fingerprint density at radius 1 is 1.12 bits per heavy atom. The standard InChI is InChI=1S/C17H19N3O5/c1-23-16-13(25-10-9-24-12-5-3-2-4-6-12)7-8-19-15(16)17(22)20-14(21)11-18/h2-8H,9-11,18H2,1H3,(H,20,21,22). The van der Waals surface area contributed by atoms with Crippen molar-refractivity contribution < 1.29 is 23.8 Å². The summed E-state index contributed by atoms with van der Waals surface area (Å²) in [6.45, 7) is 0.238. The smallest absolute Gasteiger partial charge is 0.280 e. The second-order valence-electron chi connectivity index (χ2n) is 4.78. The molecule has 0 spiro atoms. The number of ether oxygens (including phenoxy) is 3. The van der Waals surface area contributed by atoms with Gasteiger partial charge in [-0.1, -0.05) is 18.2 Å². The van der Waals surface area contributed by atoms with Gasteiger partial charge in [-0.05, 0) is 12.1 Å². The lowest BCUT2D eigenvalue weighted by molar-refractivity contribution is -0.118. The van der Waals surface area contributed by atoms with Crippen molar-refractivity contribution in [2.45, 2.75) is 0 Å². The minimum atomic E-state index is -0.710. The number of benzene rings is 1. The van der Waals surface area contributed by atoms with Crippen molar-refractivity contribution >= 4 is 11.8 Å². The van der Waals surface area contributed by atoms with Crippen LogP contribution in [0.15, 0.2) is 42.6 Å². The van der Waals surface area contributed by atoms with Gasteiger partial charge in [-0.3, -0.25) is 14.9 Å². The Morgan fingerprint density at radius 3 is 2.52 bits per heavy atom. The number of methoxy groups -OCH3 is 1. The molecule has 0 saturated carbocycles. The van der Waals surface area contributed by atoms with Crippen LogP contribution >= 0.6 is 0 Å². The first kappa shape index (κ1) is 18.2. The summed E-state index contributed by atoms with van der Waals surface area (Å²) in [4.78, 5) is 27.2. The van der Waals surface area contributed by atoms with Crippen molar-refractivity contribution in [3.8, 4) is 17.2 Å². The maximum absolute atomic E-state index is 12.1. The second kappa shape index (κ2) is 9.24. The average molecular weight is 345 g/mol. The van der Waals surface area contributed by atoms with Gasteiger partial charge in [0.15, 0.2) is 17.2 Å². The monoisotopic (exact) mass is 345 g/mol. The third-order valence-electron chi connectivity index (χ3n) is 3.08. The highest BCUT2D eigenvalue weighted by molar-refractivity contribution is 6.05. The zero-order chi connectivity index (χ0) is 18.1. The second-order valence-corrected chi connectivity index (χ2v) is 4.78. The summed E-state index contributed by atoms with van der Waals surface area (Å²) in [7, 11) is 1.38. The number of carbonyl (C=O) groups is 2. The SMILES string of the molecule is COc1c(OCCOc2ccccc2)ccnc1C(=O)NC(=O)CN. The Hall–Kier alpha value is -3.13. The Morgan fingerprint density at radius 2 is 1.84 bits per heavy atom. The van der Waals surface area contributed by atoms with E-state index in [4.69, 9.17) is 19.9 Å². The molecule has 132 valence electrons. The van der Waals surface area contributed by atoms with Gasteiger partial charge in [0, 0.05) is 12.3 Å². The van der Waals surface area contributed by atoms with Crippen LogP contribution in [0.4, 0.5) is 0 Å². The van der Waals surface area contributed by atoms with Crippen molar-refractivity contribution in [3.05, 3.63) is 48.3 Å². The number of carbonyl (C=O) groups excluding carboxylic acids is 2. The van der Waals surface area contributed by atoms with Crippen LogP contribution in [-0.2, 0) is 4.79 Å². The average Bonchev–Trinajstić information content (AvgIpc) is 2.65. The number of nitrogens with zero attached hydrogens (tertiary/aromatic N) is 1. The molecule has 8 heteroatoms. The molecule has 3 N–H and O–H groups in total. The third kappa shape index (κ3) is 5.18. The number of imide groups is 1. The van der Waals surface area contributed by atoms with Gasteiger partial charge < -0.3 is 19.9 Å². The van der Waals surface area contributed by atoms with E-state index in [1.54, 1.807) is 6.07 Å². The molecule has 0 unspecified atom stereocenters. The van der Waals surface area contributed by atoms with Crippen LogP contribution in [0.5, 0.6) is 17.2 Å². The molecular weight excluding hydrogens is 326 g/mol. The van der Waals surface area contributed by atoms with Crippen molar-refractivity contribution in [3.63, 3.8) is 0 Å². The Balaban J connectivity index is 1.99.